The number of hydrogen-bond donors (Lipinski definition) is 2. The van der Waals surface area contributed by atoms with Gasteiger partial charge in [0.15, 0.2) is 0 Å². The van der Waals surface area contributed by atoms with Crippen LogP contribution in [0, 0.1) is 0 Å². The van der Waals surface area contributed by atoms with Crippen LogP contribution < -0.4 is 34.3 Å². The topological polar surface area (TPSA) is 205 Å². The van der Waals surface area contributed by atoms with Crippen molar-refractivity contribution in [3.05, 3.63) is 0 Å². The van der Waals surface area contributed by atoms with Crippen LogP contribution in [0.1, 0.15) is 0 Å². The molecule has 0 spiro atoms. The lowest BCUT2D eigenvalue weighted by atomic mass is 11.0. The number of nitrogens with zero attached hydrogens (tertiary/aromatic N) is 1. The largest absolute Gasteiger partial charge is 0.687 e. The van der Waals surface area contributed by atoms with Crippen LogP contribution in [0.5, 0.6) is 0 Å². The van der Waals surface area contributed by atoms with Gasteiger partial charge in [-0.2, -0.15) is 0 Å². The van der Waals surface area contributed by atoms with Crippen molar-refractivity contribution < 1.29 is 44.0 Å². The maximum atomic E-state index is 10.4. The van der Waals surface area contributed by atoms with Crippen LogP contribution in [-0.2, 0) is 0 Å². The van der Waals surface area contributed by atoms with E-state index in [0.29, 0.717) is 0 Å². The summed E-state index contributed by atoms with van der Waals surface area (Å²) in [5.74, 6) is 0. The molecule has 2 N–H and O–H groups in total. The van der Waals surface area contributed by atoms with Crippen LogP contribution in [0.4, 0.5) is 0 Å². The molecule has 0 rings (SSSR count). The second-order valence-electron chi connectivity index (χ2n) is 2.98. The molecule has 16 heavy (non-hydrogen) atoms. The van der Waals surface area contributed by atoms with Crippen LogP contribution >= 0.6 is 23.8 Å². The predicted molar refractivity (Wildman–Crippen MR) is 41.6 cm³/mol. The predicted octanol–water partition coefficient (Wildman–Crippen LogP) is -7.04. The molecule has 0 aromatic rings. The third kappa shape index (κ3) is 11.4. The molecule has 0 unspecified atom stereocenters. The lowest BCUT2D eigenvalue weighted by molar-refractivity contribution is -0.429. The molecule has 0 heterocycles. The molecule has 0 amide bonds. The molecule has 0 bridgehead atoms. The molecule has 0 aliphatic rings. The molecule has 10 nitrogen and oxygen atoms in total. The molecule has 0 atom stereocenters. The summed E-state index contributed by atoms with van der Waals surface area (Å²) in [6.45, 7) is 0. The highest BCUT2D eigenvalue weighted by atomic mass is 31.2. The van der Waals surface area contributed by atoms with Crippen molar-refractivity contribution in [2.75, 3.05) is 18.9 Å². The Bertz CT molecular complexity index is 179. The molecule has 13 heteroatoms. The molecule has 0 aromatic heterocycles. The summed E-state index contributed by atoms with van der Waals surface area (Å²) >= 11 is 0. The van der Waals surface area contributed by atoms with Gasteiger partial charge < -0.3 is 34.3 Å². The van der Waals surface area contributed by atoms with Gasteiger partial charge in [-0.25, -0.2) is 4.90 Å². The van der Waals surface area contributed by atoms with E-state index >= 15 is 0 Å². The second-order valence-corrected chi connectivity index (χ2v) is 7.60. The van der Waals surface area contributed by atoms with Crippen LogP contribution in [0.3, 0.4) is 0 Å². The highest BCUT2D eigenvalue weighted by Crippen LogP contribution is 2.43. The highest BCUT2D eigenvalue weighted by Gasteiger charge is 2.24. The monoisotopic (exact) mass is 295 g/mol. The van der Waals surface area contributed by atoms with Crippen molar-refractivity contribution in [2.45, 2.75) is 0 Å². The first-order valence-electron chi connectivity index (χ1n) is 3.58. The Morgan fingerprint density at radius 2 is 1.00 bits per heavy atom. The fraction of sp³-hybridized carbons (Fsp3) is 1.00. The van der Waals surface area contributed by atoms with Gasteiger partial charge in [0.1, 0.15) is 18.9 Å². The van der Waals surface area contributed by atoms with Crippen LogP contribution in [-0.4, -0.2) is 33.5 Å². The first kappa shape index (κ1) is 16.9. The van der Waals surface area contributed by atoms with E-state index in [-0.39, 0.29) is 4.90 Å². The molecule has 98 valence electrons. The fourth-order valence-corrected chi connectivity index (χ4v) is 3.46. The normalized spacial score (nSPS) is 14.6. The summed E-state index contributed by atoms with van der Waals surface area (Å²) in [6.07, 6.45) is -4.17. The first-order valence-corrected chi connectivity index (χ1v) is 8.83. The van der Waals surface area contributed by atoms with Crippen molar-refractivity contribution >= 4 is 23.8 Å². The third-order valence-corrected chi connectivity index (χ3v) is 3.39. The summed E-state index contributed by atoms with van der Waals surface area (Å²) in [7, 11) is -15.2. The van der Waals surface area contributed by atoms with Crippen LogP contribution in [0.25, 0.3) is 0 Å². The smallest absolute Gasteiger partial charge is 0.134 e. The Balaban J connectivity index is 4.53. The van der Waals surface area contributed by atoms with Gasteiger partial charge in [-0.05, 0) is 0 Å². The minimum Gasteiger partial charge on any atom is -0.687 e. The highest BCUT2D eigenvalue weighted by molar-refractivity contribution is 7.57. The summed E-state index contributed by atoms with van der Waals surface area (Å²) in [5, 5.41) is 0. The zero-order valence-electron chi connectivity index (χ0n) is 7.66. The van der Waals surface area contributed by atoms with Crippen molar-refractivity contribution in [3.8, 4) is 0 Å². The van der Waals surface area contributed by atoms with Crippen molar-refractivity contribution in [3.63, 3.8) is 0 Å². The average molecular weight is 295 g/mol. The van der Waals surface area contributed by atoms with Gasteiger partial charge in [0.25, 0.3) is 0 Å². The van der Waals surface area contributed by atoms with Crippen molar-refractivity contribution in [1.82, 2.24) is 4.90 Å². The van der Waals surface area contributed by atoms with E-state index in [0.717, 1.165) is 0 Å². The van der Waals surface area contributed by atoms with E-state index in [1.54, 1.807) is 0 Å². The van der Waals surface area contributed by atoms with Gasteiger partial charge >= 0.3 is 0 Å². The molecular weight excluding hydrogens is 287 g/mol. The second kappa shape index (κ2) is 5.69. The SMILES string of the molecule is [O-][P+]([O-])([O-])CN(C[P+]([O-])([O-])O)C[P+]([O-])([O-])O. The van der Waals surface area contributed by atoms with Crippen LogP contribution in [0.15, 0.2) is 0 Å². The Hall–Kier alpha value is 0.890. The molecule has 0 aromatic carbocycles. The van der Waals surface area contributed by atoms with E-state index in [1.165, 1.54) is 0 Å². The Morgan fingerprint density at radius 3 is 1.19 bits per heavy atom. The zero-order chi connectivity index (χ0) is 13.2. The van der Waals surface area contributed by atoms with Gasteiger partial charge in [0, 0.05) is 0 Å². The van der Waals surface area contributed by atoms with E-state index in [9.17, 15) is 34.3 Å². The minimum atomic E-state index is -5.21. The number of hydrogen-bond acceptors (Lipinski definition) is 10. The van der Waals surface area contributed by atoms with E-state index in [4.69, 9.17) is 9.79 Å². The minimum absolute atomic E-state index is 0.0856. The zero-order valence-corrected chi connectivity index (χ0v) is 10.3. The van der Waals surface area contributed by atoms with Gasteiger partial charge in [-0.1, -0.05) is 0 Å². The lowest BCUT2D eigenvalue weighted by Gasteiger charge is -2.47. The third-order valence-electron chi connectivity index (χ3n) is 1.13. The summed E-state index contributed by atoms with van der Waals surface area (Å²) in [6, 6.07) is 0. The molecular formula is C3H8NO9P3-4. The van der Waals surface area contributed by atoms with Crippen molar-refractivity contribution in [1.29, 1.82) is 0 Å². The van der Waals surface area contributed by atoms with Gasteiger partial charge in [-0.15, -0.1) is 7.94 Å². The Morgan fingerprint density at radius 1 is 0.688 bits per heavy atom. The summed E-state index contributed by atoms with van der Waals surface area (Å²) in [5.41, 5.74) is 0. The fourth-order valence-electron chi connectivity index (χ4n) is 0.885. The number of rotatable bonds is 6. The van der Waals surface area contributed by atoms with E-state index in [1.807, 2.05) is 0 Å². The molecule has 0 saturated heterocycles. The molecule has 0 saturated carbocycles. The maximum absolute atomic E-state index is 10.4. The van der Waals surface area contributed by atoms with Gasteiger partial charge in [0.05, 0.1) is 15.9 Å². The molecule has 0 aliphatic carbocycles. The quantitative estimate of drug-likeness (QED) is 0.442. The van der Waals surface area contributed by atoms with Crippen molar-refractivity contribution in [2.24, 2.45) is 0 Å². The van der Waals surface area contributed by atoms with Crippen LogP contribution in [0.2, 0.25) is 0 Å². The molecule has 0 radical (unpaired) electrons. The molecule has 0 aliphatic heterocycles. The first-order chi connectivity index (χ1) is 6.79. The molecule has 0 fully saturated rings. The van der Waals surface area contributed by atoms with Gasteiger partial charge in [0.2, 0.25) is 0 Å². The lowest BCUT2D eigenvalue weighted by Crippen LogP contribution is -2.46. The van der Waals surface area contributed by atoms with E-state index < -0.39 is 42.7 Å². The Labute approximate surface area is 92.4 Å². The standard InChI is InChI=1S/C3H12NO9P3/c5-14(6,7)1-4(2-15(8,9)10)3-16(11,12)13/h1-3H2,(H2,5,6,7)(H2,8,9,10)(H2,11,12,13)/p-4. The summed E-state index contributed by atoms with van der Waals surface area (Å²) < 4.78 is 0. The average Bonchev–Trinajstić information content (AvgIpc) is 1.70. The van der Waals surface area contributed by atoms with E-state index in [2.05, 4.69) is 0 Å². The summed E-state index contributed by atoms with van der Waals surface area (Å²) in [4.78, 5) is 89.3. The maximum Gasteiger partial charge on any atom is 0.134 e. The Kier molecular flexibility index (Phi) is 6.00. The van der Waals surface area contributed by atoms with Gasteiger partial charge in [-0.3, -0.25) is 9.79 Å².